The Balaban J connectivity index is 1.55. The molecule has 1 aliphatic carbocycles. The molecule has 3 aromatic rings. The Morgan fingerprint density at radius 2 is 2.00 bits per heavy atom. The maximum absolute atomic E-state index is 14.3. The van der Waals surface area contributed by atoms with Crippen LogP contribution in [0.5, 0.6) is 0 Å². The van der Waals surface area contributed by atoms with Gasteiger partial charge < -0.3 is 20.5 Å². The van der Waals surface area contributed by atoms with Crippen LogP contribution in [0.3, 0.4) is 0 Å². The van der Waals surface area contributed by atoms with E-state index in [4.69, 9.17) is 11.6 Å². The highest BCUT2D eigenvalue weighted by Crippen LogP contribution is 2.32. The van der Waals surface area contributed by atoms with Crippen molar-refractivity contribution in [2.24, 2.45) is 0 Å². The van der Waals surface area contributed by atoms with Crippen LogP contribution >= 0.6 is 0 Å². The first-order valence-electron chi connectivity index (χ1n) is 12.6. The highest BCUT2D eigenvalue weighted by atomic mass is 19.1. The normalized spacial score (nSPS) is 34.3. The predicted octanol–water partition coefficient (Wildman–Crippen LogP) is 3.66. The number of benzene rings is 1. The van der Waals surface area contributed by atoms with Crippen molar-refractivity contribution in [2.75, 3.05) is 23.8 Å². The van der Waals surface area contributed by atoms with Crippen molar-refractivity contribution in [1.29, 1.82) is 0 Å². The zero-order chi connectivity index (χ0) is 26.8. The van der Waals surface area contributed by atoms with Crippen LogP contribution in [0.25, 0.3) is 11.2 Å². The average molecular weight is 453 g/mol. The van der Waals surface area contributed by atoms with Gasteiger partial charge in [0.05, 0.1) is 27.7 Å². The van der Waals surface area contributed by atoms with Gasteiger partial charge in [-0.2, -0.15) is 4.98 Å². The second-order valence-corrected chi connectivity index (χ2v) is 7.48. The van der Waals surface area contributed by atoms with E-state index in [-0.39, 0.29) is 48.6 Å². The van der Waals surface area contributed by atoms with E-state index >= 15 is 0 Å². The molecule has 8 nitrogen and oxygen atoms in total. The number of aromatic nitrogens is 4. The molecule has 1 aliphatic heterocycles. The number of anilines is 3. The summed E-state index contributed by atoms with van der Waals surface area (Å²) in [6.07, 6.45) is -5.76. The zero-order valence-corrected chi connectivity index (χ0v) is 16.7. The second kappa shape index (κ2) is 8.55. The first-order chi connectivity index (χ1) is 17.3. The van der Waals surface area contributed by atoms with E-state index in [0.29, 0.717) is 25.2 Å². The van der Waals surface area contributed by atoms with E-state index < -0.39 is 48.0 Å². The molecule has 2 fully saturated rings. The molecule has 1 saturated heterocycles. The third-order valence-electron chi connectivity index (χ3n) is 5.25. The summed E-state index contributed by atoms with van der Waals surface area (Å²) < 4.78 is 90.1. The Morgan fingerprint density at radius 3 is 2.75 bits per heavy atom. The number of hydrogen-bond acceptors (Lipinski definition) is 7. The molecule has 3 heterocycles. The molecule has 0 spiro atoms. The molecular formula is C21H23F3N6O2. The van der Waals surface area contributed by atoms with E-state index in [1.54, 1.807) is 4.57 Å². The van der Waals surface area contributed by atoms with Crippen LogP contribution in [0, 0.1) is 17.5 Å². The maximum atomic E-state index is 14.3. The molecule has 0 radical (unpaired) electrons. The van der Waals surface area contributed by atoms with Gasteiger partial charge in [0.15, 0.2) is 17.3 Å². The maximum Gasteiger partial charge on any atom is 0.224 e. The Kier molecular flexibility index (Phi) is 4.22. The number of hydrogen-bond donors (Lipinski definition) is 3. The van der Waals surface area contributed by atoms with Crippen molar-refractivity contribution < 1.29 is 29.9 Å². The number of rotatable bonds is 5. The lowest BCUT2D eigenvalue weighted by atomic mass is 9.93. The topological polar surface area (TPSA) is 97.1 Å². The van der Waals surface area contributed by atoms with E-state index in [2.05, 4.69) is 25.6 Å². The summed E-state index contributed by atoms with van der Waals surface area (Å²) >= 11 is 0. The van der Waals surface area contributed by atoms with Crippen LogP contribution in [0.1, 0.15) is 44.9 Å². The lowest BCUT2D eigenvalue weighted by Crippen LogP contribution is -2.29. The fourth-order valence-corrected chi connectivity index (χ4v) is 3.69. The van der Waals surface area contributed by atoms with Crippen LogP contribution in [0.4, 0.5) is 30.8 Å². The van der Waals surface area contributed by atoms with Crippen LogP contribution in [-0.2, 0) is 4.74 Å². The molecule has 11 heteroatoms. The summed E-state index contributed by atoms with van der Waals surface area (Å²) in [4.78, 5) is 12.8. The summed E-state index contributed by atoms with van der Waals surface area (Å²) in [7, 11) is 0. The zero-order valence-electron chi connectivity index (χ0n) is 21.7. The largest absolute Gasteiger partial charge is 0.393 e. The van der Waals surface area contributed by atoms with Crippen molar-refractivity contribution in [3.8, 4) is 0 Å². The van der Waals surface area contributed by atoms with E-state index in [0.717, 1.165) is 0 Å². The molecule has 1 aromatic carbocycles. The van der Waals surface area contributed by atoms with Crippen molar-refractivity contribution in [3.63, 3.8) is 0 Å². The van der Waals surface area contributed by atoms with Crippen molar-refractivity contribution in [2.45, 2.75) is 50.2 Å². The van der Waals surface area contributed by atoms with Gasteiger partial charge in [0, 0.05) is 28.9 Å². The minimum absolute atomic E-state index is 0.0135. The quantitative estimate of drug-likeness (QED) is 0.542. The summed E-state index contributed by atoms with van der Waals surface area (Å²) in [6, 6.07) is -1.42. The SMILES string of the molecule is [2H]C1C([2H])(O)CCC([2H])(Nc2ncc3nc(Nc4c(F)cc(F)cc4F)n(C4CCOC4)c3n2)C1([2H])[2H]. The summed E-state index contributed by atoms with van der Waals surface area (Å²) in [5.74, 6) is -3.60. The second-order valence-electron chi connectivity index (χ2n) is 7.48. The molecule has 0 bridgehead atoms. The van der Waals surface area contributed by atoms with Gasteiger partial charge in [-0.15, -0.1) is 0 Å². The number of nitrogens with one attached hydrogen (secondary N) is 2. The summed E-state index contributed by atoms with van der Waals surface area (Å²) in [6.45, 7) is 0.658. The Hall–Kier alpha value is -2.92. The fraction of sp³-hybridized carbons (Fsp3) is 0.476. The van der Waals surface area contributed by atoms with Gasteiger partial charge in [-0.05, 0) is 32.0 Å². The minimum Gasteiger partial charge on any atom is -0.393 e. The lowest BCUT2D eigenvalue weighted by molar-refractivity contribution is 0.126. The monoisotopic (exact) mass is 453 g/mol. The molecule has 0 amide bonds. The lowest BCUT2D eigenvalue weighted by Gasteiger charge is -2.26. The Bertz CT molecular complexity index is 1330. The number of nitrogens with zero attached hydrogens (tertiary/aromatic N) is 4. The van der Waals surface area contributed by atoms with Crippen molar-refractivity contribution in [1.82, 2.24) is 19.5 Å². The average Bonchev–Trinajstić information content (AvgIpc) is 3.46. The summed E-state index contributed by atoms with van der Waals surface area (Å²) in [5.41, 5.74) is -0.210. The summed E-state index contributed by atoms with van der Waals surface area (Å²) in [5, 5.41) is 15.2. The number of imidazole rings is 1. The molecule has 4 unspecified atom stereocenters. The minimum atomic E-state index is -2.65. The molecule has 3 N–H and O–H groups in total. The highest BCUT2D eigenvalue weighted by Gasteiger charge is 2.27. The van der Waals surface area contributed by atoms with Crippen molar-refractivity contribution >= 4 is 28.7 Å². The highest BCUT2D eigenvalue weighted by molar-refractivity contribution is 5.76. The predicted molar refractivity (Wildman–Crippen MR) is 111 cm³/mol. The molecular weight excluding hydrogens is 425 g/mol. The van der Waals surface area contributed by atoms with Crippen LogP contribution in [0.15, 0.2) is 18.3 Å². The first-order valence-corrected chi connectivity index (χ1v) is 9.99. The molecule has 1 saturated carbocycles. The molecule has 5 rings (SSSR count). The molecule has 2 aliphatic rings. The smallest absolute Gasteiger partial charge is 0.224 e. The standard InChI is InChI=1S/C21H23F3N6O2/c22-11-7-15(23)18(16(24)8-11)28-21-27-17-9-25-20(26-12-1-3-14(31)4-2-12)29-19(17)30(21)13-5-6-32-10-13/h7-9,12-14,31H,1-6,10H2,(H,27,28)(H,25,26,29)/i1D2,3D,12D,14D. The molecule has 170 valence electrons. The Morgan fingerprint density at radius 1 is 1.19 bits per heavy atom. The molecule has 2 aromatic heterocycles. The number of halogens is 3. The van der Waals surface area contributed by atoms with Crippen molar-refractivity contribution in [3.05, 3.63) is 35.8 Å². The van der Waals surface area contributed by atoms with Gasteiger partial charge in [-0.25, -0.2) is 23.1 Å². The molecule has 32 heavy (non-hydrogen) atoms. The van der Waals surface area contributed by atoms with Crippen LogP contribution in [-0.4, -0.2) is 49.9 Å². The van der Waals surface area contributed by atoms with Gasteiger partial charge in [-0.3, -0.25) is 4.57 Å². The van der Waals surface area contributed by atoms with E-state index in [9.17, 15) is 18.3 Å². The Labute approximate surface area is 188 Å². The fourth-order valence-electron chi connectivity index (χ4n) is 3.69. The van der Waals surface area contributed by atoms with Gasteiger partial charge in [0.1, 0.15) is 17.0 Å². The number of fused-ring (bicyclic) bond motifs is 1. The third kappa shape index (κ3) is 4.09. The molecule has 4 atom stereocenters. The number of ether oxygens (including phenoxy) is 1. The first kappa shape index (κ1) is 15.8. The van der Waals surface area contributed by atoms with Gasteiger partial charge >= 0.3 is 0 Å². The third-order valence-corrected chi connectivity index (χ3v) is 5.25. The van der Waals surface area contributed by atoms with Gasteiger partial charge in [-0.1, -0.05) is 0 Å². The van der Waals surface area contributed by atoms with Gasteiger partial charge in [0.2, 0.25) is 11.9 Å². The van der Waals surface area contributed by atoms with E-state index in [1.165, 1.54) is 6.20 Å². The van der Waals surface area contributed by atoms with Gasteiger partial charge in [0.25, 0.3) is 0 Å². The van der Waals surface area contributed by atoms with Crippen LogP contribution in [0.2, 0.25) is 0 Å². The van der Waals surface area contributed by atoms with Crippen LogP contribution < -0.4 is 10.6 Å². The number of aliphatic hydroxyl groups is 1. The van der Waals surface area contributed by atoms with E-state index in [1.807, 2.05) is 0 Å².